The first-order valence-electron chi connectivity index (χ1n) is 6.57. The molecule has 110 valence electrons. The molecule has 0 aliphatic carbocycles. The van der Waals surface area contributed by atoms with Gasteiger partial charge >= 0.3 is 0 Å². The number of ketones is 1. The highest BCUT2D eigenvalue weighted by atomic mass is 32.2. The van der Waals surface area contributed by atoms with Gasteiger partial charge in [-0.2, -0.15) is 4.31 Å². The average molecular weight is 297 g/mol. The van der Waals surface area contributed by atoms with Crippen molar-refractivity contribution in [3.63, 3.8) is 0 Å². The molecule has 0 saturated carbocycles. The molecular formula is C14H19NO4S. The highest BCUT2D eigenvalue weighted by Gasteiger charge is 2.36. The van der Waals surface area contributed by atoms with Crippen molar-refractivity contribution in [3.8, 4) is 0 Å². The van der Waals surface area contributed by atoms with Gasteiger partial charge in [-0.05, 0) is 32.4 Å². The van der Waals surface area contributed by atoms with E-state index in [1.54, 1.807) is 24.3 Å². The second-order valence-electron chi connectivity index (χ2n) is 5.25. The van der Waals surface area contributed by atoms with Gasteiger partial charge < -0.3 is 5.11 Å². The van der Waals surface area contributed by atoms with Crippen molar-refractivity contribution in [2.75, 3.05) is 13.1 Å². The maximum atomic E-state index is 12.5. The molecule has 0 aromatic heterocycles. The van der Waals surface area contributed by atoms with Crippen molar-refractivity contribution < 1.29 is 18.3 Å². The molecule has 0 bridgehead atoms. The zero-order chi connectivity index (χ0) is 14.9. The predicted octanol–water partition coefficient (Wildman–Crippen LogP) is 0.956. The topological polar surface area (TPSA) is 74.7 Å². The van der Waals surface area contributed by atoms with Gasteiger partial charge in [0.15, 0.2) is 0 Å². The lowest BCUT2D eigenvalue weighted by Crippen LogP contribution is -2.48. The van der Waals surface area contributed by atoms with Gasteiger partial charge in [0.05, 0.1) is 16.9 Å². The van der Waals surface area contributed by atoms with Crippen LogP contribution in [0.4, 0.5) is 0 Å². The summed E-state index contributed by atoms with van der Waals surface area (Å²) in [5.74, 6) is -0.815. The lowest BCUT2D eigenvalue weighted by atomic mass is 9.93. The number of nitrogens with zero attached hydrogens (tertiary/aromatic N) is 1. The Morgan fingerprint density at radius 3 is 2.45 bits per heavy atom. The number of hydrogen-bond acceptors (Lipinski definition) is 4. The second-order valence-corrected chi connectivity index (χ2v) is 7.19. The van der Waals surface area contributed by atoms with Gasteiger partial charge in [0.1, 0.15) is 5.78 Å². The van der Waals surface area contributed by atoms with Crippen molar-refractivity contribution in [2.45, 2.75) is 31.3 Å². The summed E-state index contributed by atoms with van der Waals surface area (Å²) in [6.45, 7) is 3.56. The van der Waals surface area contributed by atoms with Crippen LogP contribution in [-0.2, 0) is 14.8 Å². The third-order valence-corrected chi connectivity index (χ3v) is 5.60. The SMILES string of the molecule is CC(=O)[C@H]1CN(S(=O)(=O)c2ccc(C)cc2)CC[C@@H]1O. The molecule has 2 atom stereocenters. The molecule has 1 aliphatic heterocycles. The molecule has 5 nitrogen and oxygen atoms in total. The van der Waals surface area contributed by atoms with Crippen LogP contribution >= 0.6 is 0 Å². The number of aliphatic hydroxyl groups excluding tert-OH is 1. The smallest absolute Gasteiger partial charge is 0.243 e. The van der Waals surface area contributed by atoms with Crippen LogP contribution in [0.15, 0.2) is 29.2 Å². The van der Waals surface area contributed by atoms with Crippen LogP contribution in [-0.4, -0.2) is 42.8 Å². The molecule has 1 fully saturated rings. The molecule has 1 aromatic rings. The van der Waals surface area contributed by atoms with Gasteiger partial charge in [-0.1, -0.05) is 17.7 Å². The number of carbonyl (C=O) groups is 1. The molecule has 2 rings (SSSR count). The van der Waals surface area contributed by atoms with Gasteiger partial charge in [0.25, 0.3) is 0 Å². The Kier molecular flexibility index (Phi) is 4.27. The normalized spacial score (nSPS) is 24.6. The number of carbonyl (C=O) groups excluding carboxylic acids is 1. The highest BCUT2D eigenvalue weighted by molar-refractivity contribution is 7.89. The monoisotopic (exact) mass is 297 g/mol. The largest absolute Gasteiger partial charge is 0.392 e. The van der Waals surface area contributed by atoms with E-state index in [4.69, 9.17) is 0 Å². The standard InChI is InChI=1S/C14H19NO4S/c1-10-3-5-12(6-4-10)20(18,19)15-8-7-14(17)13(9-15)11(2)16/h3-6,13-14,17H,7-9H2,1-2H3/t13-,14+/m1/s1. The molecule has 1 saturated heterocycles. The van der Waals surface area contributed by atoms with Gasteiger partial charge in [0, 0.05) is 13.1 Å². The number of benzene rings is 1. The minimum Gasteiger partial charge on any atom is -0.392 e. The summed E-state index contributed by atoms with van der Waals surface area (Å²) in [6, 6.07) is 6.62. The van der Waals surface area contributed by atoms with Crippen molar-refractivity contribution in [3.05, 3.63) is 29.8 Å². The Morgan fingerprint density at radius 2 is 1.90 bits per heavy atom. The Labute approximate surface area is 119 Å². The second kappa shape index (κ2) is 5.63. The number of aliphatic hydroxyl groups is 1. The Bertz CT molecular complexity index is 594. The number of sulfonamides is 1. The first-order chi connectivity index (χ1) is 9.32. The number of aryl methyl sites for hydroxylation is 1. The lowest BCUT2D eigenvalue weighted by molar-refractivity contribution is -0.125. The Morgan fingerprint density at radius 1 is 1.30 bits per heavy atom. The quantitative estimate of drug-likeness (QED) is 0.901. The van der Waals surface area contributed by atoms with Crippen LogP contribution in [0.1, 0.15) is 18.9 Å². The fourth-order valence-corrected chi connectivity index (χ4v) is 3.87. The van der Waals surface area contributed by atoms with Crippen LogP contribution in [0.2, 0.25) is 0 Å². The molecule has 1 aromatic carbocycles. The van der Waals surface area contributed by atoms with Gasteiger partial charge in [-0.3, -0.25) is 4.79 Å². The molecule has 1 N–H and O–H groups in total. The van der Waals surface area contributed by atoms with E-state index in [1.165, 1.54) is 11.2 Å². The fraction of sp³-hybridized carbons (Fsp3) is 0.500. The van der Waals surface area contributed by atoms with E-state index in [0.717, 1.165) is 5.56 Å². The predicted molar refractivity (Wildman–Crippen MR) is 74.7 cm³/mol. The van der Waals surface area contributed by atoms with Crippen LogP contribution in [0.5, 0.6) is 0 Å². The molecule has 1 aliphatic rings. The van der Waals surface area contributed by atoms with E-state index in [2.05, 4.69) is 0 Å². The molecular weight excluding hydrogens is 278 g/mol. The molecule has 0 unspecified atom stereocenters. The highest BCUT2D eigenvalue weighted by Crippen LogP contribution is 2.24. The maximum Gasteiger partial charge on any atom is 0.243 e. The first kappa shape index (κ1) is 15.2. The Hall–Kier alpha value is -1.24. The van der Waals surface area contributed by atoms with Crippen LogP contribution in [0.25, 0.3) is 0 Å². The zero-order valence-corrected chi connectivity index (χ0v) is 12.4. The summed E-state index contributed by atoms with van der Waals surface area (Å²) in [5, 5.41) is 9.79. The van der Waals surface area contributed by atoms with Gasteiger partial charge in [-0.15, -0.1) is 0 Å². The number of hydrogen-bond donors (Lipinski definition) is 1. The van der Waals surface area contributed by atoms with E-state index in [0.29, 0.717) is 0 Å². The molecule has 0 spiro atoms. The van der Waals surface area contributed by atoms with E-state index in [-0.39, 0.29) is 30.2 Å². The molecule has 6 heteroatoms. The van der Waals surface area contributed by atoms with E-state index in [9.17, 15) is 18.3 Å². The van der Waals surface area contributed by atoms with E-state index >= 15 is 0 Å². The molecule has 0 radical (unpaired) electrons. The average Bonchev–Trinajstić information content (AvgIpc) is 2.39. The molecule has 0 amide bonds. The van der Waals surface area contributed by atoms with Gasteiger partial charge in [-0.25, -0.2) is 8.42 Å². The van der Waals surface area contributed by atoms with Crippen molar-refractivity contribution in [1.29, 1.82) is 0 Å². The zero-order valence-electron chi connectivity index (χ0n) is 11.6. The summed E-state index contributed by atoms with van der Waals surface area (Å²) in [7, 11) is -3.60. The summed E-state index contributed by atoms with van der Waals surface area (Å²) < 4.78 is 26.3. The number of piperidine rings is 1. The van der Waals surface area contributed by atoms with Crippen molar-refractivity contribution in [2.24, 2.45) is 5.92 Å². The fourth-order valence-electron chi connectivity index (χ4n) is 2.39. The van der Waals surface area contributed by atoms with Crippen molar-refractivity contribution >= 4 is 15.8 Å². The summed E-state index contributed by atoms with van der Waals surface area (Å²) >= 11 is 0. The molecule has 1 heterocycles. The van der Waals surface area contributed by atoms with Crippen molar-refractivity contribution in [1.82, 2.24) is 4.31 Å². The third kappa shape index (κ3) is 2.92. The Balaban J connectivity index is 2.26. The summed E-state index contributed by atoms with van der Waals surface area (Å²) in [6.07, 6.45) is -0.466. The van der Waals surface area contributed by atoms with Crippen LogP contribution in [0, 0.1) is 12.8 Å². The van der Waals surface area contributed by atoms with E-state index < -0.39 is 22.0 Å². The lowest BCUT2D eigenvalue weighted by Gasteiger charge is -2.34. The first-order valence-corrected chi connectivity index (χ1v) is 8.01. The third-order valence-electron chi connectivity index (χ3n) is 3.72. The summed E-state index contributed by atoms with van der Waals surface area (Å²) in [4.78, 5) is 11.7. The minimum atomic E-state index is -3.60. The van der Waals surface area contributed by atoms with Crippen LogP contribution < -0.4 is 0 Å². The number of Topliss-reactive ketones (excluding diaryl/α,β-unsaturated/α-hetero) is 1. The van der Waals surface area contributed by atoms with Gasteiger partial charge in [0.2, 0.25) is 10.0 Å². The van der Waals surface area contributed by atoms with E-state index in [1.807, 2.05) is 6.92 Å². The van der Waals surface area contributed by atoms with Crippen LogP contribution in [0.3, 0.4) is 0 Å². The molecule has 20 heavy (non-hydrogen) atoms. The maximum absolute atomic E-state index is 12.5. The summed E-state index contributed by atoms with van der Waals surface area (Å²) in [5.41, 5.74) is 0.986. The number of rotatable bonds is 3. The minimum absolute atomic E-state index is 0.0483.